The van der Waals surface area contributed by atoms with Crippen molar-refractivity contribution in [2.75, 3.05) is 6.54 Å². The second-order valence-electron chi connectivity index (χ2n) is 4.68. The maximum absolute atomic E-state index is 11.2. The van der Waals surface area contributed by atoms with Gasteiger partial charge in [-0.1, -0.05) is 30.3 Å². The Labute approximate surface area is 99.6 Å². The van der Waals surface area contributed by atoms with Crippen molar-refractivity contribution in [2.45, 2.75) is 31.0 Å². The van der Waals surface area contributed by atoms with E-state index in [1.165, 1.54) is 6.92 Å². The van der Waals surface area contributed by atoms with Crippen LogP contribution in [0.2, 0.25) is 0 Å². The zero-order valence-corrected chi connectivity index (χ0v) is 9.67. The molecule has 0 unspecified atom stereocenters. The molecule has 0 radical (unpaired) electrons. The fraction of sp³-hybridized carbons (Fsp3) is 0.500. The third-order valence-corrected chi connectivity index (χ3v) is 3.33. The molecule has 0 saturated carbocycles. The molecule has 0 amide bonds. The molecule has 92 valence electrons. The second-order valence-corrected chi connectivity index (χ2v) is 4.68. The molecule has 1 heterocycles. The highest BCUT2D eigenvalue weighted by atomic mass is 16.6. The summed E-state index contributed by atoms with van der Waals surface area (Å²) < 4.78 is 0. The van der Waals surface area contributed by atoms with Gasteiger partial charge >= 0.3 is 0 Å². The van der Waals surface area contributed by atoms with Crippen molar-refractivity contribution in [1.29, 1.82) is 0 Å². The number of hydrogen-bond acceptors (Lipinski definition) is 4. The topological polar surface area (TPSA) is 75.4 Å². The number of rotatable bonds is 2. The fourth-order valence-electron chi connectivity index (χ4n) is 2.41. The van der Waals surface area contributed by atoms with E-state index in [-0.39, 0.29) is 4.92 Å². The normalized spacial score (nSPS) is 33.3. The van der Waals surface area contributed by atoms with Crippen LogP contribution < -0.4 is 5.32 Å². The number of nitrogens with zero attached hydrogens (tertiary/aromatic N) is 1. The van der Waals surface area contributed by atoms with Crippen molar-refractivity contribution in [1.82, 2.24) is 5.32 Å². The average Bonchev–Trinajstić information content (AvgIpc) is 2.28. The van der Waals surface area contributed by atoms with Gasteiger partial charge in [-0.3, -0.25) is 10.1 Å². The van der Waals surface area contributed by atoms with Crippen molar-refractivity contribution >= 4 is 0 Å². The highest BCUT2D eigenvalue weighted by molar-refractivity contribution is 5.22. The van der Waals surface area contributed by atoms with E-state index in [4.69, 9.17) is 0 Å². The van der Waals surface area contributed by atoms with Gasteiger partial charge in [0.05, 0.1) is 0 Å². The summed E-state index contributed by atoms with van der Waals surface area (Å²) in [6.45, 7) is 2.12. The predicted molar refractivity (Wildman–Crippen MR) is 63.2 cm³/mol. The third kappa shape index (κ3) is 2.30. The van der Waals surface area contributed by atoms with Crippen LogP contribution in [0, 0.1) is 10.1 Å². The monoisotopic (exact) mass is 236 g/mol. The van der Waals surface area contributed by atoms with E-state index < -0.39 is 17.7 Å². The molecule has 3 atom stereocenters. The molecule has 0 aromatic heterocycles. The number of aliphatic hydroxyl groups is 1. The van der Waals surface area contributed by atoms with Gasteiger partial charge in [-0.2, -0.15) is 0 Å². The summed E-state index contributed by atoms with van der Waals surface area (Å²) in [5.74, 6) is 0. The highest BCUT2D eigenvalue weighted by Crippen LogP contribution is 2.32. The predicted octanol–water partition coefficient (Wildman–Crippen LogP) is 1.12. The van der Waals surface area contributed by atoms with Crippen LogP contribution in [0.3, 0.4) is 0 Å². The lowest BCUT2D eigenvalue weighted by atomic mass is 9.81. The van der Waals surface area contributed by atoms with Crippen molar-refractivity contribution < 1.29 is 10.0 Å². The summed E-state index contributed by atoms with van der Waals surface area (Å²) in [6.07, 6.45) is 0.391. The second kappa shape index (κ2) is 4.43. The van der Waals surface area contributed by atoms with Gasteiger partial charge in [-0.15, -0.1) is 0 Å². The van der Waals surface area contributed by atoms with E-state index in [0.717, 1.165) is 5.56 Å². The number of hydrogen-bond donors (Lipinski definition) is 2. The van der Waals surface area contributed by atoms with Gasteiger partial charge in [0.2, 0.25) is 0 Å². The number of benzene rings is 1. The summed E-state index contributed by atoms with van der Waals surface area (Å²) >= 11 is 0. The molecule has 1 aromatic carbocycles. The molecule has 0 aliphatic carbocycles. The van der Waals surface area contributed by atoms with Gasteiger partial charge in [0.1, 0.15) is 11.6 Å². The average molecular weight is 236 g/mol. The first kappa shape index (κ1) is 12.0. The van der Waals surface area contributed by atoms with Crippen LogP contribution in [-0.4, -0.2) is 28.2 Å². The highest BCUT2D eigenvalue weighted by Gasteiger charge is 2.50. The molecular formula is C12H16N2O3. The Balaban J connectivity index is 2.35. The van der Waals surface area contributed by atoms with Gasteiger partial charge in [-0.05, 0) is 25.5 Å². The largest absolute Gasteiger partial charge is 0.383 e. The lowest BCUT2D eigenvalue weighted by Gasteiger charge is -2.37. The fourth-order valence-corrected chi connectivity index (χ4v) is 2.41. The van der Waals surface area contributed by atoms with E-state index >= 15 is 0 Å². The SMILES string of the molecule is C[C@]1(O)CCN[C@H](c2ccccc2)[C@H]1[N+](=O)[O-]. The number of nitro groups is 1. The van der Waals surface area contributed by atoms with Crippen LogP contribution in [-0.2, 0) is 0 Å². The molecule has 1 aromatic rings. The van der Waals surface area contributed by atoms with E-state index in [9.17, 15) is 15.2 Å². The molecule has 2 rings (SSSR count). The molecule has 17 heavy (non-hydrogen) atoms. The summed E-state index contributed by atoms with van der Waals surface area (Å²) in [7, 11) is 0. The number of piperidine rings is 1. The molecule has 1 aliphatic heterocycles. The molecule has 0 spiro atoms. The smallest absolute Gasteiger partial charge is 0.260 e. The van der Waals surface area contributed by atoms with Crippen LogP contribution >= 0.6 is 0 Å². The molecule has 1 fully saturated rings. The summed E-state index contributed by atoms with van der Waals surface area (Å²) in [5, 5.41) is 24.4. The minimum Gasteiger partial charge on any atom is -0.383 e. The van der Waals surface area contributed by atoms with Crippen molar-refractivity contribution in [3.8, 4) is 0 Å². The van der Waals surface area contributed by atoms with Crippen LogP contribution in [0.1, 0.15) is 24.9 Å². The van der Waals surface area contributed by atoms with Crippen LogP contribution in [0.4, 0.5) is 0 Å². The van der Waals surface area contributed by atoms with E-state index in [0.29, 0.717) is 13.0 Å². The van der Waals surface area contributed by atoms with Crippen LogP contribution in [0.15, 0.2) is 30.3 Å². The van der Waals surface area contributed by atoms with Crippen LogP contribution in [0.5, 0.6) is 0 Å². The molecule has 1 aliphatic rings. The first-order valence-electron chi connectivity index (χ1n) is 5.66. The Hall–Kier alpha value is -1.46. The first-order chi connectivity index (χ1) is 8.02. The first-order valence-corrected chi connectivity index (χ1v) is 5.66. The Bertz CT molecular complexity index is 405. The van der Waals surface area contributed by atoms with E-state index in [1.807, 2.05) is 30.3 Å². The van der Waals surface area contributed by atoms with Gasteiger partial charge in [0.15, 0.2) is 0 Å². The molecule has 1 saturated heterocycles. The van der Waals surface area contributed by atoms with E-state index in [1.54, 1.807) is 0 Å². The maximum Gasteiger partial charge on any atom is 0.260 e. The lowest BCUT2D eigenvalue weighted by Crippen LogP contribution is -2.57. The van der Waals surface area contributed by atoms with Crippen LogP contribution in [0.25, 0.3) is 0 Å². The molecular weight excluding hydrogens is 220 g/mol. The maximum atomic E-state index is 11.2. The standard InChI is InChI=1S/C12H16N2O3/c1-12(15)7-8-13-10(11(12)14(16)17)9-5-3-2-4-6-9/h2-6,10-11,13,15H,7-8H2,1H3/t10-,11-,12+/m1/s1. The third-order valence-electron chi connectivity index (χ3n) is 3.33. The summed E-state index contributed by atoms with van der Waals surface area (Å²) in [6, 6.07) is 7.79. The summed E-state index contributed by atoms with van der Waals surface area (Å²) in [4.78, 5) is 10.8. The molecule has 0 bridgehead atoms. The quantitative estimate of drug-likeness (QED) is 0.596. The zero-order chi connectivity index (χ0) is 12.5. The Morgan fingerprint density at radius 2 is 2.12 bits per heavy atom. The Morgan fingerprint density at radius 1 is 1.47 bits per heavy atom. The molecule has 5 nitrogen and oxygen atoms in total. The number of nitrogens with one attached hydrogen (secondary N) is 1. The Kier molecular flexibility index (Phi) is 3.13. The van der Waals surface area contributed by atoms with Gasteiger partial charge in [0, 0.05) is 4.92 Å². The van der Waals surface area contributed by atoms with Gasteiger partial charge in [-0.25, -0.2) is 0 Å². The van der Waals surface area contributed by atoms with Gasteiger partial charge in [0.25, 0.3) is 6.04 Å². The van der Waals surface area contributed by atoms with Crippen molar-refractivity contribution in [2.24, 2.45) is 0 Å². The minimum atomic E-state index is -1.27. The zero-order valence-electron chi connectivity index (χ0n) is 9.67. The van der Waals surface area contributed by atoms with Crippen molar-refractivity contribution in [3.63, 3.8) is 0 Å². The van der Waals surface area contributed by atoms with Gasteiger partial charge < -0.3 is 10.4 Å². The Morgan fingerprint density at radius 3 is 2.71 bits per heavy atom. The molecule has 5 heteroatoms. The van der Waals surface area contributed by atoms with E-state index in [2.05, 4.69) is 5.32 Å². The molecule has 2 N–H and O–H groups in total. The lowest BCUT2D eigenvalue weighted by molar-refractivity contribution is -0.553. The summed E-state index contributed by atoms with van der Waals surface area (Å²) in [5.41, 5.74) is -0.427. The minimum absolute atomic E-state index is 0.385. The van der Waals surface area contributed by atoms with Crippen molar-refractivity contribution in [3.05, 3.63) is 46.0 Å².